The summed E-state index contributed by atoms with van der Waals surface area (Å²) < 4.78 is 5.46. The Kier molecular flexibility index (Phi) is 6.66. The van der Waals surface area contributed by atoms with Crippen molar-refractivity contribution in [2.24, 2.45) is 0 Å². The number of amides is 2. The van der Waals surface area contributed by atoms with Gasteiger partial charge in [0.15, 0.2) is 0 Å². The number of aromatic nitrogens is 1. The fraction of sp³-hybridized carbons (Fsp3) is 0.154. The molecule has 6 nitrogen and oxygen atoms in total. The first-order chi connectivity index (χ1) is 15.9. The van der Waals surface area contributed by atoms with Gasteiger partial charge in [0.2, 0.25) is 0 Å². The molecule has 0 radical (unpaired) electrons. The highest BCUT2D eigenvalue weighted by Crippen LogP contribution is 2.22. The van der Waals surface area contributed by atoms with E-state index in [-0.39, 0.29) is 24.7 Å². The molecular formula is C26H24ClN3O3. The van der Waals surface area contributed by atoms with E-state index < -0.39 is 0 Å². The number of hydrogen-bond donors (Lipinski definition) is 2. The molecule has 2 amide bonds. The maximum absolute atomic E-state index is 13.3. The van der Waals surface area contributed by atoms with Crippen molar-refractivity contribution in [3.63, 3.8) is 0 Å². The van der Waals surface area contributed by atoms with Crippen molar-refractivity contribution in [3.05, 3.63) is 105 Å². The SMILES string of the molecule is COc1ccccc1CN(Cc1cc2cc(C)ccc2[nH]c1=O)C(=O)Nc1cccc(Cl)c1. The van der Waals surface area contributed by atoms with Crippen molar-refractivity contribution in [3.8, 4) is 5.75 Å². The minimum atomic E-state index is -0.355. The summed E-state index contributed by atoms with van der Waals surface area (Å²) in [5.41, 5.74) is 3.50. The van der Waals surface area contributed by atoms with E-state index in [0.717, 1.165) is 22.0 Å². The van der Waals surface area contributed by atoms with Gasteiger partial charge in [0.05, 0.1) is 20.2 Å². The van der Waals surface area contributed by atoms with E-state index in [1.54, 1.807) is 36.3 Å². The molecule has 3 aromatic carbocycles. The second-order valence-electron chi connectivity index (χ2n) is 7.82. The lowest BCUT2D eigenvalue weighted by atomic mass is 10.1. The number of nitrogens with zero attached hydrogens (tertiary/aromatic N) is 1. The number of hydrogen-bond acceptors (Lipinski definition) is 3. The van der Waals surface area contributed by atoms with Crippen LogP contribution in [0.3, 0.4) is 0 Å². The summed E-state index contributed by atoms with van der Waals surface area (Å²) in [7, 11) is 1.59. The number of nitrogens with one attached hydrogen (secondary N) is 2. The Morgan fingerprint density at radius 2 is 1.79 bits per heavy atom. The zero-order valence-corrected chi connectivity index (χ0v) is 19.1. The minimum absolute atomic E-state index is 0.115. The largest absolute Gasteiger partial charge is 0.496 e. The topological polar surface area (TPSA) is 74.4 Å². The van der Waals surface area contributed by atoms with Gasteiger partial charge in [0.1, 0.15) is 5.75 Å². The Hall–Kier alpha value is -3.77. The summed E-state index contributed by atoms with van der Waals surface area (Å²) in [5.74, 6) is 0.668. The van der Waals surface area contributed by atoms with Crippen LogP contribution in [0.4, 0.5) is 10.5 Å². The van der Waals surface area contributed by atoms with Crippen LogP contribution in [-0.4, -0.2) is 23.0 Å². The van der Waals surface area contributed by atoms with E-state index in [4.69, 9.17) is 16.3 Å². The monoisotopic (exact) mass is 461 g/mol. The van der Waals surface area contributed by atoms with Crippen LogP contribution in [0.5, 0.6) is 5.75 Å². The zero-order chi connectivity index (χ0) is 23.4. The first-order valence-electron chi connectivity index (χ1n) is 10.5. The zero-order valence-electron chi connectivity index (χ0n) is 18.4. The van der Waals surface area contributed by atoms with Gasteiger partial charge in [-0.1, -0.05) is 47.5 Å². The normalized spacial score (nSPS) is 10.8. The smallest absolute Gasteiger partial charge is 0.322 e. The predicted octanol–water partition coefficient (Wildman–Crippen LogP) is 5.73. The van der Waals surface area contributed by atoms with Crippen LogP contribution >= 0.6 is 11.6 Å². The molecule has 0 atom stereocenters. The second-order valence-corrected chi connectivity index (χ2v) is 8.26. The average molecular weight is 462 g/mol. The van der Waals surface area contributed by atoms with Crippen LogP contribution in [0.25, 0.3) is 10.9 Å². The Labute approximate surface area is 196 Å². The van der Waals surface area contributed by atoms with Gasteiger partial charge in [-0.05, 0) is 54.8 Å². The molecule has 4 rings (SSSR count). The molecule has 0 saturated carbocycles. The number of aryl methyl sites for hydroxylation is 1. The number of pyridine rings is 1. The number of para-hydroxylation sites is 1. The third kappa shape index (κ3) is 5.35. The number of ether oxygens (including phenoxy) is 1. The van der Waals surface area contributed by atoms with E-state index in [0.29, 0.717) is 22.0 Å². The molecule has 0 aliphatic rings. The van der Waals surface area contributed by atoms with Gasteiger partial charge in [0, 0.05) is 27.4 Å². The Morgan fingerprint density at radius 3 is 2.58 bits per heavy atom. The van der Waals surface area contributed by atoms with Crippen molar-refractivity contribution in [2.45, 2.75) is 20.0 Å². The molecule has 0 bridgehead atoms. The van der Waals surface area contributed by atoms with Crippen molar-refractivity contribution in [2.75, 3.05) is 12.4 Å². The van der Waals surface area contributed by atoms with Crippen molar-refractivity contribution < 1.29 is 9.53 Å². The number of benzene rings is 3. The summed E-state index contributed by atoms with van der Waals surface area (Å²) in [6.45, 7) is 2.36. The van der Waals surface area contributed by atoms with E-state index in [9.17, 15) is 9.59 Å². The average Bonchev–Trinajstić information content (AvgIpc) is 2.79. The van der Waals surface area contributed by atoms with Gasteiger partial charge in [-0.15, -0.1) is 0 Å². The fourth-order valence-electron chi connectivity index (χ4n) is 3.70. The number of aromatic amines is 1. The number of halogens is 1. The quantitative estimate of drug-likeness (QED) is 0.385. The van der Waals surface area contributed by atoms with Crippen LogP contribution in [0.1, 0.15) is 16.7 Å². The maximum Gasteiger partial charge on any atom is 0.322 e. The number of urea groups is 1. The molecule has 0 unspecified atom stereocenters. The van der Waals surface area contributed by atoms with Gasteiger partial charge >= 0.3 is 6.03 Å². The summed E-state index contributed by atoms with van der Waals surface area (Å²) in [6.07, 6.45) is 0. The van der Waals surface area contributed by atoms with Gasteiger partial charge < -0.3 is 19.9 Å². The molecule has 1 heterocycles. The first-order valence-corrected chi connectivity index (χ1v) is 10.9. The Morgan fingerprint density at radius 1 is 1.00 bits per heavy atom. The van der Waals surface area contributed by atoms with E-state index in [2.05, 4.69) is 10.3 Å². The number of rotatable bonds is 6. The van der Waals surface area contributed by atoms with Crippen molar-refractivity contribution in [1.29, 1.82) is 0 Å². The maximum atomic E-state index is 13.3. The summed E-state index contributed by atoms with van der Waals surface area (Å²) in [6, 6.07) is 21.7. The number of H-pyrrole nitrogens is 1. The lowest BCUT2D eigenvalue weighted by Crippen LogP contribution is -2.35. The highest BCUT2D eigenvalue weighted by atomic mass is 35.5. The highest BCUT2D eigenvalue weighted by Gasteiger charge is 2.19. The van der Waals surface area contributed by atoms with Gasteiger partial charge in [-0.25, -0.2) is 4.79 Å². The molecule has 4 aromatic rings. The Balaban J connectivity index is 1.68. The molecule has 7 heteroatoms. The van der Waals surface area contributed by atoms with Crippen LogP contribution in [0.2, 0.25) is 5.02 Å². The first kappa shape index (κ1) is 22.4. The Bertz CT molecular complexity index is 1370. The third-order valence-electron chi connectivity index (χ3n) is 5.35. The highest BCUT2D eigenvalue weighted by molar-refractivity contribution is 6.30. The summed E-state index contributed by atoms with van der Waals surface area (Å²) in [5, 5.41) is 4.31. The number of methoxy groups -OCH3 is 1. The van der Waals surface area contributed by atoms with Crippen molar-refractivity contribution >= 4 is 34.2 Å². The molecule has 2 N–H and O–H groups in total. The molecule has 33 heavy (non-hydrogen) atoms. The molecule has 168 valence electrons. The number of fused-ring (bicyclic) bond motifs is 1. The number of carbonyl (C=O) groups excluding carboxylic acids is 1. The molecule has 1 aromatic heterocycles. The number of carbonyl (C=O) groups is 1. The summed E-state index contributed by atoms with van der Waals surface area (Å²) in [4.78, 5) is 30.6. The molecule has 0 saturated heterocycles. The van der Waals surface area contributed by atoms with Gasteiger partial charge in [0.25, 0.3) is 5.56 Å². The van der Waals surface area contributed by atoms with Crippen LogP contribution < -0.4 is 15.6 Å². The van der Waals surface area contributed by atoms with E-state index in [1.807, 2.05) is 55.5 Å². The molecule has 0 aliphatic heterocycles. The molecule has 0 spiro atoms. The minimum Gasteiger partial charge on any atom is -0.496 e. The summed E-state index contributed by atoms with van der Waals surface area (Å²) >= 11 is 6.07. The van der Waals surface area contributed by atoms with Crippen LogP contribution in [0, 0.1) is 6.92 Å². The van der Waals surface area contributed by atoms with Crippen LogP contribution in [0.15, 0.2) is 77.6 Å². The van der Waals surface area contributed by atoms with E-state index >= 15 is 0 Å². The van der Waals surface area contributed by atoms with Gasteiger partial charge in [-0.2, -0.15) is 0 Å². The lowest BCUT2D eigenvalue weighted by Gasteiger charge is -2.24. The second kappa shape index (κ2) is 9.79. The van der Waals surface area contributed by atoms with Crippen LogP contribution in [-0.2, 0) is 13.1 Å². The third-order valence-corrected chi connectivity index (χ3v) is 5.59. The number of anilines is 1. The predicted molar refractivity (Wildman–Crippen MR) is 132 cm³/mol. The standard InChI is InChI=1S/C26H24ClN3O3/c1-17-10-11-23-19(12-17)13-20(25(31)29-23)16-30(15-18-6-3-4-9-24(18)33-2)26(32)28-22-8-5-7-21(27)14-22/h3-14H,15-16H2,1-2H3,(H,28,32)(H,29,31). The molecule has 0 aliphatic carbocycles. The molecular weight excluding hydrogens is 438 g/mol. The van der Waals surface area contributed by atoms with E-state index in [1.165, 1.54) is 0 Å². The van der Waals surface area contributed by atoms with Crippen molar-refractivity contribution in [1.82, 2.24) is 9.88 Å². The molecule has 0 fully saturated rings. The fourth-order valence-corrected chi connectivity index (χ4v) is 3.89. The van der Waals surface area contributed by atoms with Gasteiger partial charge in [-0.3, -0.25) is 4.79 Å². The lowest BCUT2D eigenvalue weighted by molar-refractivity contribution is 0.205.